The Kier molecular flexibility index (Phi) is 4.25. The molecule has 1 aliphatic rings. The minimum Gasteiger partial charge on any atom is -0.481 e. The maximum absolute atomic E-state index is 11.6. The molecule has 2 rings (SSSR count). The van der Waals surface area contributed by atoms with Crippen molar-refractivity contribution in [3.05, 3.63) is 38.9 Å². The van der Waals surface area contributed by atoms with Crippen LogP contribution in [0.1, 0.15) is 18.4 Å². The summed E-state index contributed by atoms with van der Waals surface area (Å²) in [4.78, 5) is 22.2. The molecule has 1 aromatic rings. The van der Waals surface area contributed by atoms with Crippen LogP contribution in [0.4, 0.5) is 5.69 Å². The number of nitrogens with zero attached hydrogens (tertiary/aromatic N) is 1. The lowest BCUT2D eigenvalue weighted by atomic mass is 9.74. The van der Waals surface area contributed by atoms with E-state index in [9.17, 15) is 20.0 Å². The van der Waals surface area contributed by atoms with Gasteiger partial charge in [-0.05, 0) is 38.4 Å². The van der Waals surface area contributed by atoms with Gasteiger partial charge >= 0.3 is 5.97 Å². The third-order valence-electron chi connectivity index (χ3n) is 3.82. The molecule has 0 atom stereocenters. The van der Waals surface area contributed by atoms with Crippen LogP contribution in [0.3, 0.4) is 0 Å². The summed E-state index contributed by atoms with van der Waals surface area (Å²) in [5, 5.41) is 24.0. The molecule has 6 nitrogen and oxygen atoms in total. The molecular formula is C13H15ClN2O4. The van der Waals surface area contributed by atoms with Crippen LogP contribution in [-0.4, -0.2) is 29.1 Å². The van der Waals surface area contributed by atoms with Gasteiger partial charge in [0.05, 0.1) is 15.4 Å². The third kappa shape index (κ3) is 2.76. The van der Waals surface area contributed by atoms with Gasteiger partial charge in [0.25, 0.3) is 5.69 Å². The lowest BCUT2D eigenvalue weighted by Crippen LogP contribution is -2.43. The first-order valence-electron chi connectivity index (χ1n) is 6.32. The Labute approximate surface area is 120 Å². The molecule has 2 N–H and O–H groups in total. The Hall–Kier alpha value is -1.66. The zero-order valence-electron chi connectivity index (χ0n) is 10.8. The fraction of sp³-hybridized carbons (Fsp3) is 0.462. The SMILES string of the molecule is O=C(O)C1(Cc2c(Cl)cccc2[N+](=O)[O-])CCNCC1. The van der Waals surface area contributed by atoms with Gasteiger partial charge in [0.1, 0.15) is 0 Å². The fourth-order valence-corrected chi connectivity index (χ4v) is 2.84. The van der Waals surface area contributed by atoms with Crippen molar-refractivity contribution in [3.63, 3.8) is 0 Å². The normalized spacial score (nSPS) is 17.6. The van der Waals surface area contributed by atoms with Crippen molar-refractivity contribution < 1.29 is 14.8 Å². The van der Waals surface area contributed by atoms with E-state index in [1.807, 2.05) is 0 Å². The minimum atomic E-state index is -0.985. The van der Waals surface area contributed by atoms with Gasteiger partial charge in [-0.2, -0.15) is 0 Å². The number of carboxylic acids is 1. The van der Waals surface area contributed by atoms with Crippen molar-refractivity contribution in [1.82, 2.24) is 5.32 Å². The number of nitrogens with one attached hydrogen (secondary N) is 1. The molecule has 0 saturated carbocycles. The van der Waals surface area contributed by atoms with Gasteiger partial charge in [-0.25, -0.2) is 0 Å². The first-order chi connectivity index (χ1) is 9.46. The molecule has 108 valence electrons. The number of rotatable bonds is 4. The number of nitro groups is 1. The Morgan fingerprint density at radius 3 is 2.65 bits per heavy atom. The molecule has 7 heteroatoms. The van der Waals surface area contributed by atoms with Crippen LogP contribution in [0.15, 0.2) is 18.2 Å². The van der Waals surface area contributed by atoms with Crippen molar-refractivity contribution in [2.75, 3.05) is 13.1 Å². The predicted octanol–water partition coefficient (Wildman–Crippen LogP) is 2.25. The molecule has 0 aliphatic carbocycles. The van der Waals surface area contributed by atoms with Crippen molar-refractivity contribution in [3.8, 4) is 0 Å². The van der Waals surface area contributed by atoms with Crippen LogP contribution in [0.25, 0.3) is 0 Å². The maximum atomic E-state index is 11.6. The zero-order valence-corrected chi connectivity index (χ0v) is 11.5. The van der Waals surface area contributed by atoms with Crippen LogP contribution in [0, 0.1) is 15.5 Å². The highest BCUT2D eigenvalue weighted by molar-refractivity contribution is 6.31. The first kappa shape index (κ1) is 14.7. The Bertz CT molecular complexity index is 541. The van der Waals surface area contributed by atoms with Crippen LogP contribution in [0.2, 0.25) is 5.02 Å². The minimum absolute atomic E-state index is 0.0833. The van der Waals surface area contributed by atoms with Gasteiger partial charge < -0.3 is 10.4 Å². The highest BCUT2D eigenvalue weighted by Gasteiger charge is 2.41. The van der Waals surface area contributed by atoms with E-state index in [1.54, 1.807) is 6.07 Å². The van der Waals surface area contributed by atoms with E-state index in [0.717, 1.165) is 0 Å². The highest BCUT2D eigenvalue weighted by Crippen LogP contribution is 2.38. The van der Waals surface area contributed by atoms with Gasteiger partial charge in [-0.15, -0.1) is 0 Å². The quantitative estimate of drug-likeness (QED) is 0.657. The predicted molar refractivity (Wildman–Crippen MR) is 74.0 cm³/mol. The summed E-state index contributed by atoms with van der Waals surface area (Å²) in [7, 11) is 0. The first-order valence-corrected chi connectivity index (χ1v) is 6.70. The van der Waals surface area contributed by atoms with E-state index in [4.69, 9.17) is 11.6 Å². The second-order valence-electron chi connectivity index (χ2n) is 5.01. The van der Waals surface area contributed by atoms with Crippen LogP contribution < -0.4 is 5.32 Å². The molecule has 0 amide bonds. The monoisotopic (exact) mass is 298 g/mol. The number of carboxylic acid groups (broad SMARTS) is 1. The smallest absolute Gasteiger partial charge is 0.310 e. The number of piperidine rings is 1. The summed E-state index contributed by atoms with van der Waals surface area (Å²) in [6.07, 6.45) is 0.954. The molecule has 1 saturated heterocycles. The third-order valence-corrected chi connectivity index (χ3v) is 4.17. The van der Waals surface area contributed by atoms with Gasteiger partial charge in [0, 0.05) is 11.6 Å². The molecule has 1 aliphatic heterocycles. The molecule has 1 aromatic carbocycles. The standard InChI is InChI=1S/C13H15ClN2O4/c14-10-2-1-3-11(16(19)20)9(10)8-13(12(17)18)4-6-15-7-5-13/h1-3,15H,4-8H2,(H,17,18). The molecule has 0 radical (unpaired) electrons. The van der Waals surface area contributed by atoms with Crippen molar-refractivity contribution >= 4 is 23.3 Å². The molecule has 20 heavy (non-hydrogen) atoms. The van der Waals surface area contributed by atoms with E-state index in [0.29, 0.717) is 31.5 Å². The largest absolute Gasteiger partial charge is 0.481 e. The summed E-state index contributed by atoms with van der Waals surface area (Å²) >= 11 is 6.05. The van der Waals surface area contributed by atoms with Gasteiger partial charge in [-0.3, -0.25) is 14.9 Å². The van der Waals surface area contributed by atoms with E-state index >= 15 is 0 Å². The van der Waals surface area contributed by atoms with Crippen LogP contribution in [0.5, 0.6) is 0 Å². The molecule has 1 heterocycles. The maximum Gasteiger partial charge on any atom is 0.310 e. The topological polar surface area (TPSA) is 92.5 Å². The molecule has 1 fully saturated rings. The van der Waals surface area contributed by atoms with Crippen molar-refractivity contribution in [1.29, 1.82) is 0 Å². The fourth-order valence-electron chi connectivity index (χ4n) is 2.60. The Morgan fingerprint density at radius 1 is 1.45 bits per heavy atom. The summed E-state index contributed by atoms with van der Waals surface area (Å²) < 4.78 is 0. The number of hydrogen-bond donors (Lipinski definition) is 2. The second-order valence-corrected chi connectivity index (χ2v) is 5.41. The van der Waals surface area contributed by atoms with Crippen molar-refractivity contribution in [2.45, 2.75) is 19.3 Å². The summed E-state index contributed by atoms with van der Waals surface area (Å²) in [5.74, 6) is -0.923. The van der Waals surface area contributed by atoms with Crippen LogP contribution in [-0.2, 0) is 11.2 Å². The average molecular weight is 299 g/mol. The van der Waals surface area contributed by atoms with Gasteiger partial charge in [0.2, 0.25) is 0 Å². The lowest BCUT2D eigenvalue weighted by Gasteiger charge is -2.33. The molecule has 0 spiro atoms. The Morgan fingerprint density at radius 2 is 2.10 bits per heavy atom. The van der Waals surface area contributed by atoms with E-state index in [1.165, 1.54) is 12.1 Å². The summed E-state index contributed by atoms with van der Waals surface area (Å²) in [5.41, 5.74) is -0.791. The number of carbonyl (C=O) groups is 1. The summed E-state index contributed by atoms with van der Waals surface area (Å²) in [6, 6.07) is 4.41. The molecule has 0 aromatic heterocycles. The Balaban J connectivity index is 2.41. The summed E-state index contributed by atoms with van der Waals surface area (Å²) in [6.45, 7) is 1.18. The highest BCUT2D eigenvalue weighted by atomic mass is 35.5. The van der Waals surface area contributed by atoms with Gasteiger partial charge in [-0.1, -0.05) is 17.7 Å². The number of nitro benzene ring substituents is 1. The number of halogens is 1. The molecular weight excluding hydrogens is 284 g/mol. The van der Waals surface area contributed by atoms with E-state index < -0.39 is 16.3 Å². The molecule has 0 unspecified atom stereocenters. The van der Waals surface area contributed by atoms with E-state index in [2.05, 4.69) is 5.32 Å². The lowest BCUT2D eigenvalue weighted by molar-refractivity contribution is -0.385. The number of benzene rings is 1. The number of hydrogen-bond acceptors (Lipinski definition) is 4. The average Bonchev–Trinajstić information content (AvgIpc) is 2.41. The molecule has 0 bridgehead atoms. The van der Waals surface area contributed by atoms with E-state index in [-0.39, 0.29) is 17.1 Å². The zero-order chi connectivity index (χ0) is 14.8. The van der Waals surface area contributed by atoms with Crippen molar-refractivity contribution in [2.24, 2.45) is 5.41 Å². The number of aliphatic carboxylic acids is 1. The second kappa shape index (κ2) is 5.76. The van der Waals surface area contributed by atoms with Crippen LogP contribution >= 0.6 is 11.6 Å². The van der Waals surface area contributed by atoms with Gasteiger partial charge in [0.15, 0.2) is 0 Å².